The first kappa shape index (κ1) is 16.7. The Morgan fingerprint density at radius 3 is 2.40 bits per heavy atom. The number of nitrogens with one attached hydrogen (secondary N) is 1. The molecule has 0 saturated heterocycles. The van der Waals surface area contributed by atoms with Crippen LogP contribution in [0.5, 0.6) is 0 Å². The molecule has 126 valence electrons. The summed E-state index contributed by atoms with van der Waals surface area (Å²) in [6, 6.07) is 24.1. The molecule has 0 spiro atoms. The summed E-state index contributed by atoms with van der Waals surface area (Å²) in [5, 5.41) is 4.11. The van der Waals surface area contributed by atoms with Gasteiger partial charge in [0.1, 0.15) is 0 Å². The highest BCUT2D eigenvalue weighted by Crippen LogP contribution is 2.15. The summed E-state index contributed by atoms with van der Waals surface area (Å²) in [5.74, 6) is -0.0883. The van der Waals surface area contributed by atoms with Crippen molar-refractivity contribution >= 4 is 12.1 Å². The highest BCUT2D eigenvalue weighted by Gasteiger charge is 2.05. The number of hydrazone groups is 1. The average Bonchev–Trinajstić information content (AvgIpc) is 3.02. The number of para-hydroxylation sites is 1. The van der Waals surface area contributed by atoms with Crippen molar-refractivity contribution in [1.29, 1.82) is 0 Å². The number of nitrogens with zero attached hydrogens (tertiary/aromatic N) is 2. The Bertz CT molecular complexity index is 851. The molecule has 4 nitrogen and oxygen atoms in total. The molecule has 0 bridgehead atoms. The number of rotatable bonds is 6. The van der Waals surface area contributed by atoms with Gasteiger partial charge in [0.2, 0.25) is 5.91 Å². The van der Waals surface area contributed by atoms with E-state index in [0.29, 0.717) is 12.8 Å². The predicted molar refractivity (Wildman–Crippen MR) is 101 cm³/mol. The summed E-state index contributed by atoms with van der Waals surface area (Å²) in [5.41, 5.74) is 6.86. The molecule has 1 amide bonds. The minimum Gasteiger partial charge on any atom is -0.313 e. The molecule has 25 heavy (non-hydrogen) atoms. The largest absolute Gasteiger partial charge is 0.313 e. The smallest absolute Gasteiger partial charge is 0.240 e. The molecule has 1 aromatic heterocycles. The molecule has 3 aromatic rings. The molecule has 0 aliphatic rings. The van der Waals surface area contributed by atoms with Gasteiger partial charge in [0.05, 0.1) is 11.9 Å². The van der Waals surface area contributed by atoms with Crippen LogP contribution in [0.25, 0.3) is 5.69 Å². The fraction of sp³-hybridized carbons (Fsp3) is 0.143. The third-order valence-electron chi connectivity index (χ3n) is 3.99. The van der Waals surface area contributed by atoms with E-state index in [-0.39, 0.29) is 5.91 Å². The first-order valence-corrected chi connectivity index (χ1v) is 8.33. The van der Waals surface area contributed by atoms with Crippen LogP contribution in [-0.2, 0) is 11.2 Å². The van der Waals surface area contributed by atoms with Gasteiger partial charge in [-0.3, -0.25) is 4.79 Å². The van der Waals surface area contributed by atoms with Crippen molar-refractivity contribution in [2.45, 2.75) is 19.8 Å². The van der Waals surface area contributed by atoms with Gasteiger partial charge >= 0.3 is 0 Å². The highest BCUT2D eigenvalue weighted by molar-refractivity contribution is 5.82. The maximum Gasteiger partial charge on any atom is 0.240 e. The second kappa shape index (κ2) is 8.11. The third-order valence-corrected chi connectivity index (χ3v) is 3.99. The Hall–Kier alpha value is -3.14. The second-order valence-corrected chi connectivity index (χ2v) is 5.85. The Morgan fingerprint density at radius 2 is 1.68 bits per heavy atom. The number of aryl methyl sites for hydroxylation is 2. The standard InChI is InChI=1S/C21H21N3O/c1-17-12-14-20(24(17)19-10-6-3-7-11-19)16-22-23-21(25)15-13-18-8-4-2-5-9-18/h2-12,14,16H,13,15H2,1H3,(H,23,25)/b22-16-. The quantitative estimate of drug-likeness (QED) is 0.541. The molecule has 0 aliphatic heterocycles. The van der Waals surface area contributed by atoms with Crippen LogP contribution in [0.3, 0.4) is 0 Å². The van der Waals surface area contributed by atoms with Gasteiger partial charge in [-0.15, -0.1) is 0 Å². The van der Waals surface area contributed by atoms with Gasteiger partial charge in [0.15, 0.2) is 0 Å². The molecular weight excluding hydrogens is 310 g/mol. The van der Waals surface area contributed by atoms with E-state index in [4.69, 9.17) is 0 Å². The van der Waals surface area contributed by atoms with Gasteiger partial charge in [-0.1, -0.05) is 48.5 Å². The number of hydrogen-bond acceptors (Lipinski definition) is 2. The SMILES string of the molecule is Cc1ccc(/C=N\NC(=O)CCc2ccccc2)n1-c1ccccc1. The van der Waals surface area contributed by atoms with Crippen molar-refractivity contribution in [3.63, 3.8) is 0 Å². The maximum absolute atomic E-state index is 11.9. The number of hydrogen-bond donors (Lipinski definition) is 1. The van der Waals surface area contributed by atoms with Gasteiger partial charge in [-0.25, -0.2) is 5.43 Å². The minimum absolute atomic E-state index is 0.0883. The highest BCUT2D eigenvalue weighted by atomic mass is 16.2. The van der Waals surface area contributed by atoms with E-state index >= 15 is 0 Å². The van der Waals surface area contributed by atoms with Crippen LogP contribution in [0.1, 0.15) is 23.4 Å². The van der Waals surface area contributed by atoms with E-state index in [0.717, 1.165) is 22.6 Å². The number of benzene rings is 2. The molecule has 1 N–H and O–H groups in total. The summed E-state index contributed by atoms with van der Waals surface area (Å²) < 4.78 is 2.10. The van der Waals surface area contributed by atoms with Crippen molar-refractivity contribution < 1.29 is 4.79 Å². The second-order valence-electron chi connectivity index (χ2n) is 5.85. The van der Waals surface area contributed by atoms with Gasteiger partial charge in [-0.2, -0.15) is 5.10 Å². The van der Waals surface area contributed by atoms with Gasteiger partial charge < -0.3 is 4.57 Å². The normalized spacial score (nSPS) is 10.9. The molecule has 0 unspecified atom stereocenters. The van der Waals surface area contributed by atoms with Gasteiger partial charge in [-0.05, 0) is 43.2 Å². The van der Waals surface area contributed by atoms with Crippen molar-refractivity contribution in [3.8, 4) is 5.69 Å². The number of carbonyl (C=O) groups excluding carboxylic acids is 1. The number of amides is 1. The maximum atomic E-state index is 11.9. The first-order valence-electron chi connectivity index (χ1n) is 8.33. The lowest BCUT2D eigenvalue weighted by Gasteiger charge is -2.08. The zero-order chi connectivity index (χ0) is 17.5. The van der Waals surface area contributed by atoms with Crippen LogP contribution in [0.15, 0.2) is 77.9 Å². The summed E-state index contributed by atoms with van der Waals surface area (Å²) in [4.78, 5) is 11.9. The van der Waals surface area contributed by atoms with Gasteiger partial charge in [0, 0.05) is 17.8 Å². The number of aromatic nitrogens is 1. The monoisotopic (exact) mass is 331 g/mol. The Kier molecular flexibility index (Phi) is 5.42. The zero-order valence-corrected chi connectivity index (χ0v) is 14.2. The van der Waals surface area contributed by atoms with Gasteiger partial charge in [0.25, 0.3) is 0 Å². The molecule has 0 radical (unpaired) electrons. The molecule has 0 atom stereocenters. The molecule has 1 heterocycles. The van der Waals surface area contributed by atoms with E-state index in [1.54, 1.807) is 6.21 Å². The van der Waals surface area contributed by atoms with Crippen molar-refractivity contribution in [1.82, 2.24) is 9.99 Å². The van der Waals surface area contributed by atoms with Crippen LogP contribution >= 0.6 is 0 Å². The third kappa shape index (κ3) is 4.44. The summed E-state index contributed by atoms with van der Waals surface area (Å²) in [6.07, 6.45) is 2.81. The summed E-state index contributed by atoms with van der Waals surface area (Å²) in [7, 11) is 0. The zero-order valence-electron chi connectivity index (χ0n) is 14.2. The van der Waals surface area contributed by atoms with Crippen LogP contribution in [0.2, 0.25) is 0 Å². The van der Waals surface area contributed by atoms with Crippen LogP contribution in [-0.4, -0.2) is 16.7 Å². The molecular formula is C21H21N3O. The molecule has 0 saturated carbocycles. The minimum atomic E-state index is -0.0883. The van der Waals surface area contributed by atoms with E-state index in [2.05, 4.69) is 15.1 Å². The van der Waals surface area contributed by atoms with E-state index in [1.165, 1.54) is 0 Å². The molecule has 4 heteroatoms. The molecule has 0 fully saturated rings. The Balaban J connectivity index is 1.60. The average molecular weight is 331 g/mol. The van der Waals surface area contributed by atoms with Crippen molar-refractivity contribution in [2.24, 2.45) is 5.10 Å². The van der Waals surface area contributed by atoms with Crippen molar-refractivity contribution in [2.75, 3.05) is 0 Å². The van der Waals surface area contributed by atoms with E-state index < -0.39 is 0 Å². The first-order chi connectivity index (χ1) is 12.2. The fourth-order valence-corrected chi connectivity index (χ4v) is 2.72. The van der Waals surface area contributed by atoms with Crippen LogP contribution < -0.4 is 5.43 Å². The summed E-state index contributed by atoms with van der Waals surface area (Å²) in [6.45, 7) is 2.04. The van der Waals surface area contributed by atoms with Crippen LogP contribution in [0.4, 0.5) is 0 Å². The fourth-order valence-electron chi connectivity index (χ4n) is 2.72. The lowest BCUT2D eigenvalue weighted by atomic mass is 10.1. The topological polar surface area (TPSA) is 46.4 Å². The van der Waals surface area contributed by atoms with Crippen molar-refractivity contribution in [3.05, 3.63) is 89.7 Å². The van der Waals surface area contributed by atoms with E-state index in [9.17, 15) is 4.79 Å². The molecule has 3 rings (SSSR count). The Morgan fingerprint density at radius 1 is 1.00 bits per heavy atom. The predicted octanol–water partition coefficient (Wildman–Crippen LogP) is 3.87. The lowest BCUT2D eigenvalue weighted by Crippen LogP contribution is -2.18. The lowest BCUT2D eigenvalue weighted by molar-refractivity contribution is -0.121. The van der Waals surface area contributed by atoms with Crippen LogP contribution in [0, 0.1) is 6.92 Å². The number of carbonyl (C=O) groups is 1. The van der Waals surface area contributed by atoms with E-state index in [1.807, 2.05) is 79.7 Å². The summed E-state index contributed by atoms with van der Waals surface area (Å²) >= 11 is 0. The molecule has 0 aliphatic carbocycles. The molecule has 2 aromatic carbocycles. The Labute approximate surface area is 147 Å².